The number of furan rings is 1. The summed E-state index contributed by atoms with van der Waals surface area (Å²) in [6, 6.07) is 2.53. The van der Waals surface area contributed by atoms with Crippen LogP contribution in [0.1, 0.15) is 24.9 Å². The molecule has 72 valence electrons. The van der Waals surface area contributed by atoms with Gasteiger partial charge in [0.15, 0.2) is 0 Å². The first-order valence-corrected chi connectivity index (χ1v) is 5.78. The molecule has 0 spiro atoms. The minimum Gasteiger partial charge on any atom is -0.472 e. The van der Waals surface area contributed by atoms with Crippen molar-refractivity contribution in [3.8, 4) is 0 Å². The normalized spacial score (nSPS) is 29.9. The summed E-state index contributed by atoms with van der Waals surface area (Å²) < 4.78 is 5.09. The lowest BCUT2D eigenvalue weighted by Crippen LogP contribution is -2.21. The Morgan fingerprint density at radius 2 is 2.54 bits per heavy atom. The first kappa shape index (κ1) is 9.16. The predicted molar refractivity (Wildman–Crippen MR) is 56.0 cm³/mol. The van der Waals surface area contributed by atoms with Gasteiger partial charge in [-0.05, 0) is 19.0 Å². The van der Waals surface area contributed by atoms with Crippen LogP contribution in [0.5, 0.6) is 0 Å². The SMILES string of the molecule is CC1CCNC(c2ccoc2)CS1. The third kappa shape index (κ3) is 2.29. The highest BCUT2D eigenvalue weighted by Gasteiger charge is 2.17. The van der Waals surface area contributed by atoms with E-state index < -0.39 is 0 Å². The maximum atomic E-state index is 5.09. The van der Waals surface area contributed by atoms with Crippen LogP contribution in [0.25, 0.3) is 0 Å². The van der Waals surface area contributed by atoms with Crippen LogP contribution in [-0.2, 0) is 0 Å². The van der Waals surface area contributed by atoms with E-state index in [0.717, 1.165) is 17.5 Å². The van der Waals surface area contributed by atoms with Crippen LogP contribution >= 0.6 is 11.8 Å². The molecule has 1 saturated heterocycles. The van der Waals surface area contributed by atoms with Gasteiger partial charge in [-0.2, -0.15) is 11.8 Å². The van der Waals surface area contributed by atoms with Gasteiger partial charge in [0.1, 0.15) is 0 Å². The average molecular weight is 197 g/mol. The molecule has 2 unspecified atom stereocenters. The fourth-order valence-corrected chi connectivity index (χ4v) is 2.67. The first-order chi connectivity index (χ1) is 6.36. The zero-order chi connectivity index (χ0) is 9.10. The second-order valence-corrected chi connectivity index (χ2v) is 4.97. The third-order valence-corrected chi connectivity index (χ3v) is 3.77. The quantitative estimate of drug-likeness (QED) is 0.748. The van der Waals surface area contributed by atoms with Crippen LogP contribution in [0.2, 0.25) is 0 Å². The molecule has 0 aromatic carbocycles. The van der Waals surface area contributed by atoms with E-state index in [0.29, 0.717) is 6.04 Å². The maximum Gasteiger partial charge on any atom is 0.0950 e. The molecule has 3 heteroatoms. The number of rotatable bonds is 1. The lowest BCUT2D eigenvalue weighted by Gasteiger charge is -2.12. The van der Waals surface area contributed by atoms with Gasteiger partial charge in [-0.3, -0.25) is 0 Å². The lowest BCUT2D eigenvalue weighted by atomic mass is 10.2. The van der Waals surface area contributed by atoms with Crippen molar-refractivity contribution in [3.63, 3.8) is 0 Å². The topological polar surface area (TPSA) is 25.2 Å². The van der Waals surface area contributed by atoms with Gasteiger partial charge >= 0.3 is 0 Å². The van der Waals surface area contributed by atoms with Gasteiger partial charge in [0, 0.05) is 22.6 Å². The minimum absolute atomic E-state index is 0.480. The van der Waals surface area contributed by atoms with Crippen molar-refractivity contribution in [2.75, 3.05) is 12.3 Å². The van der Waals surface area contributed by atoms with Crippen molar-refractivity contribution in [2.24, 2.45) is 0 Å². The summed E-state index contributed by atoms with van der Waals surface area (Å²) in [6.07, 6.45) is 4.85. The smallest absolute Gasteiger partial charge is 0.0950 e. The molecule has 0 bridgehead atoms. The first-order valence-electron chi connectivity index (χ1n) is 4.73. The van der Waals surface area contributed by atoms with E-state index in [9.17, 15) is 0 Å². The number of nitrogens with one attached hydrogen (secondary N) is 1. The molecule has 0 saturated carbocycles. The lowest BCUT2D eigenvalue weighted by molar-refractivity contribution is 0.542. The molecular formula is C10H15NOS. The van der Waals surface area contributed by atoms with E-state index in [-0.39, 0.29) is 0 Å². The second-order valence-electron chi connectivity index (χ2n) is 3.50. The highest BCUT2D eigenvalue weighted by molar-refractivity contribution is 7.99. The van der Waals surface area contributed by atoms with Gasteiger partial charge < -0.3 is 9.73 Å². The molecule has 0 aliphatic carbocycles. The summed E-state index contributed by atoms with van der Waals surface area (Å²) in [7, 11) is 0. The van der Waals surface area contributed by atoms with Crippen LogP contribution in [0.4, 0.5) is 0 Å². The molecule has 1 aliphatic heterocycles. The zero-order valence-corrected chi connectivity index (χ0v) is 8.64. The Labute approximate surface area is 83.1 Å². The Morgan fingerprint density at radius 3 is 3.31 bits per heavy atom. The standard InChI is InChI=1S/C10H15NOS/c1-8-2-4-11-10(7-13-8)9-3-5-12-6-9/h3,5-6,8,10-11H,2,4,7H2,1H3. The van der Waals surface area contributed by atoms with E-state index in [4.69, 9.17) is 4.42 Å². The molecule has 1 aliphatic rings. The van der Waals surface area contributed by atoms with Crippen molar-refractivity contribution in [2.45, 2.75) is 24.6 Å². The fraction of sp³-hybridized carbons (Fsp3) is 0.600. The summed E-state index contributed by atoms with van der Waals surface area (Å²) in [5.74, 6) is 1.15. The Balaban J connectivity index is 2.00. The van der Waals surface area contributed by atoms with Gasteiger partial charge in [-0.15, -0.1) is 0 Å². The summed E-state index contributed by atoms with van der Waals surface area (Å²) >= 11 is 2.04. The Morgan fingerprint density at radius 1 is 1.62 bits per heavy atom. The van der Waals surface area contributed by atoms with Gasteiger partial charge in [-0.25, -0.2) is 0 Å². The largest absolute Gasteiger partial charge is 0.472 e. The Kier molecular flexibility index (Phi) is 2.96. The molecule has 1 aromatic heterocycles. The van der Waals surface area contributed by atoms with Gasteiger partial charge in [-0.1, -0.05) is 6.92 Å². The summed E-state index contributed by atoms with van der Waals surface area (Å²) in [5, 5.41) is 4.32. The maximum absolute atomic E-state index is 5.09. The van der Waals surface area contributed by atoms with Crippen LogP contribution in [0, 0.1) is 0 Å². The highest BCUT2D eigenvalue weighted by Crippen LogP contribution is 2.25. The van der Waals surface area contributed by atoms with E-state index in [1.807, 2.05) is 24.1 Å². The average Bonchev–Trinajstić information content (AvgIpc) is 2.56. The van der Waals surface area contributed by atoms with E-state index in [1.54, 1.807) is 6.26 Å². The van der Waals surface area contributed by atoms with E-state index >= 15 is 0 Å². The molecule has 0 radical (unpaired) electrons. The molecule has 2 atom stereocenters. The molecule has 2 heterocycles. The van der Waals surface area contributed by atoms with Crippen molar-refractivity contribution in [1.29, 1.82) is 0 Å². The highest BCUT2D eigenvalue weighted by atomic mass is 32.2. The van der Waals surface area contributed by atoms with Crippen LogP contribution in [0.3, 0.4) is 0 Å². The molecule has 2 rings (SSSR count). The van der Waals surface area contributed by atoms with Crippen molar-refractivity contribution in [3.05, 3.63) is 24.2 Å². The van der Waals surface area contributed by atoms with E-state index in [1.165, 1.54) is 12.0 Å². The minimum atomic E-state index is 0.480. The Hall–Kier alpha value is -0.410. The van der Waals surface area contributed by atoms with Crippen molar-refractivity contribution >= 4 is 11.8 Å². The monoisotopic (exact) mass is 197 g/mol. The second kappa shape index (κ2) is 4.20. The summed E-state index contributed by atoms with van der Waals surface area (Å²) in [4.78, 5) is 0. The van der Waals surface area contributed by atoms with Crippen LogP contribution in [-0.4, -0.2) is 17.5 Å². The van der Waals surface area contributed by atoms with Gasteiger partial charge in [0.2, 0.25) is 0 Å². The molecule has 0 amide bonds. The zero-order valence-electron chi connectivity index (χ0n) is 7.82. The van der Waals surface area contributed by atoms with E-state index in [2.05, 4.69) is 12.2 Å². The number of hydrogen-bond donors (Lipinski definition) is 1. The van der Waals surface area contributed by atoms with Gasteiger partial charge in [0.25, 0.3) is 0 Å². The molecule has 1 fully saturated rings. The predicted octanol–water partition coefficient (Wildman–Crippen LogP) is 2.44. The summed E-state index contributed by atoms with van der Waals surface area (Å²) in [5.41, 5.74) is 1.28. The molecule has 1 aromatic rings. The molecule has 1 N–H and O–H groups in total. The molecular weight excluding hydrogens is 182 g/mol. The van der Waals surface area contributed by atoms with Gasteiger partial charge in [0.05, 0.1) is 12.5 Å². The van der Waals surface area contributed by atoms with Crippen molar-refractivity contribution < 1.29 is 4.42 Å². The third-order valence-electron chi connectivity index (χ3n) is 2.43. The van der Waals surface area contributed by atoms with Crippen LogP contribution in [0.15, 0.2) is 23.0 Å². The number of thioether (sulfide) groups is 1. The molecule has 2 nitrogen and oxygen atoms in total. The van der Waals surface area contributed by atoms with Crippen molar-refractivity contribution in [1.82, 2.24) is 5.32 Å². The number of hydrogen-bond acceptors (Lipinski definition) is 3. The summed E-state index contributed by atoms with van der Waals surface area (Å²) in [6.45, 7) is 3.41. The van der Waals surface area contributed by atoms with Crippen LogP contribution < -0.4 is 5.32 Å². The fourth-order valence-electron chi connectivity index (χ4n) is 1.55. The Bertz CT molecular complexity index is 247. The molecule has 13 heavy (non-hydrogen) atoms.